The molecule has 0 amide bonds. The standard InChI is InChI=1S/C21H17ClN6O2S/c22-14-11-24-21(27-19(14)26-15-6-9-31-18(15)20(29)30)25-13-5-4-12-2-1-3-17-23-7-8-28(17)16(12)10-13/h4-11H,1-3H2,(H,29,30)(H2,24,25,26,27). The van der Waals surface area contributed by atoms with E-state index < -0.39 is 5.97 Å². The summed E-state index contributed by atoms with van der Waals surface area (Å²) in [5.74, 6) is 0.713. The fourth-order valence-electron chi connectivity index (χ4n) is 3.60. The number of aromatic nitrogens is 4. The lowest BCUT2D eigenvalue weighted by atomic mass is 10.1. The van der Waals surface area contributed by atoms with Crippen LogP contribution in [0.3, 0.4) is 0 Å². The molecule has 156 valence electrons. The Balaban J connectivity index is 1.44. The molecule has 8 nitrogen and oxygen atoms in total. The van der Waals surface area contributed by atoms with Gasteiger partial charge in [0.15, 0.2) is 5.82 Å². The highest BCUT2D eigenvalue weighted by molar-refractivity contribution is 7.12. The SMILES string of the molecule is O=C(O)c1sccc1Nc1nc(Nc2ccc3c(c2)-n2ccnc2CCC3)ncc1Cl. The van der Waals surface area contributed by atoms with Crippen LogP contribution in [-0.4, -0.2) is 30.6 Å². The second-order valence-electron chi connectivity index (χ2n) is 7.02. The fourth-order valence-corrected chi connectivity index (χ4v) is 4.42. The van der Waals surface area contributed by atoms with Gasteiger partial charge in [0, 0.05) is 24.5 Å². The molecule has 1 aromatic carbocycles. The van der Waals surface area contributed by atoms with Gasteiger partial charge in [-0.2, -0.15) is 4.98 Å². The van der Waals surface area contributed by atoms with E-state index in [2.05, 4.69) is 42.3 Å². The van der Waals surface area contributed by atoms with Crippen molar-refractivity contribution >= 4 is 52.0 Å². The van der Waals surface area contributed by atoms with Crippen LogP contribution < -0.4 is 10.6 Å². The number of halogens is 1. The number of hydrogen-bond acceptors (Lipinski definition) is 7. The van der Waals surface area contributed by atoms with E-state index in [0.717, 1.165) is 47.8 Å². The van der Waals surface area contributed by atoms with Crippen molar-refractivity contribution in [3.63, 3.8) is 0 Å². The Morgan fingerprint density at radius 1 is 1.19 bits per heavy atom. The van der Waals surface area contributed by atoms with Gasteiger partial charge in [-0.05, 0) is 42.0 Å². The van der Waals surface area contributed by atoms with Crippen molar-refractivity contribution in [3.05, 3.63) is 69.5 Å². The molecule has 0 radical (unpaired) electrons. The number of carboxylic acids is 1. The third-order valence-electron chi connectivity index (χ3n) is 5.02. The number of thiophene rings is 1. The Kier molecular flexibility index (Phi) is 5.05. The average molecular weight is 453 g/mol. The van der Waals surface area contributed by atoms with Crippen LogP contribution in [0.25, 0.3) is 5.69 Å². The first-order chi connectivity index (χ1) is 15.1. The van der Waals surface area contributed by atoms with Gasteiger partial charge < -0.3 is 20.3 Å². The maximum atomic E-state index is 11.4. The summed E-state index contributed by atoms with van der Waals surface area (Å²) >= 11 is 7.36. The van der Waals surface area contributed by atoms with Crippen molar-refractivity contribution in [2.24, 2.45) is 0 Å². The minimum Gasteiger partial charge on any atom is -0.477 e. The Hall–Kier alpha value is -3.43. The minimum absolute atomic E-state index is 0.186. The Bertz CT molecular complexity index is 1280. The normalized spacial score (nSPS) is 12.5. The molecule has 4 heterocycles. The number of benzene rings is 1. The van der Waals surface area contributed by atoms with Crippen molar-refractivity contribution in [2.45, 2.75) is 19.3 Å². The van der Waals surface area contributed by atoms with Gasteiger partial charge in [-0.15, -0.1) is 11.3 Å². The molecule has 0 bridgehead atoms. The summed E-state index contributed by atoms with van der Waals surface area (Å²) < 4.78 is 2.12. The van der Waals surface area contributed by atoms with Gasteiger partial charge >= 0.3 is 5.97 Å². The largest absolute Gasteiger partial charge is 0.477 e. The first kappa shape index (κ1) is 19.5. The van der Waals surface area contributed by atoms with E-state index in [1.54, 1.807) is 11.4 Å². The molecule has 31 heavy (non-hydrogen) atoms. The Morgan fingerprint density at radius 2 is 2.10 bits per heavy atom. The van der Waals surface area contributed by atoms with E-state index in [0.29, 0.717) is 17.5 Å². The van der Waals surface area contributed by atoms with E-state index in [-0.39, 0.29) is 9.90 Å². The number of aryl methyl sites for hydroxylation is 2. The minimum atomic E-state index is -1.01. The van der Waals surface area contributed by atoms with Crippen LogP contribution in [0.2, 0.25) is 5.02 Å². The number of aromatic carboxylic acids is 1. The lowest BCUT2D eigenvalue weighted by Gasteiger charge is -2.13. The molecule has 0 fully saturated rings. The van der Waals surface area contributed by atoms with Crippen LogP contribution in [0.4, 0.5) is 23.1 Å². The van der Waals surface area contributed by atoms with Crippen LogP contribution in [-0.2, 0) is 12.8 Å². The molecule has 0 saturated heterocycles. The summed E-state index contributed by atoms with van der Waals surface area (Å²) in [6, 6.07) is 7.83. The number of hydrogen-bond donors (Lipinski definition) is 3. The van der Waals surface area contributed by atoms with E-state index in [1.165, 1.54) is 11.8 Å². The zero-order valence-electron chi connectivity index (χ0n) is 16.2. The maximum absolute atomic E-state index is 11.4. The Morgan fingerprint density at radius 3 is 2.97 bits per heavy atom. The lowest BCUT2D eigenvalue weighted by molar-refractivity contribution is 0.0703. The number of nitrogens with one attached hydrogen (secondary N) is 2. The zero-order chi connectivity index (χ0) is 21.4. The smallest absolute Gasteiger partial charge is 0.348 e. The molecule has 10 heteroatoms. The summed E-state index contributed by atoms with van der Waals surface area (Å²) in [5.41, 5.74) is 3.61. The molecule has 0 aliphatic carbocycles. The molecule has 4 aromatic rings. The van der Waals surface area contributed by atoms with E-state index >= 15 is 0 Å². The number of carbonyl (C=O) groups is 1. The average Bonchev–Trinajstić information content (AvgIpc) is 3.38. The van der Waals surface area contributed by atoms with Gasteiger partial charge in [-0.1, -0.05) is 17.7 Å². The quantitative estimate of drug-likeness (QED) is 0.389. The second kappa shape index (κ2) is 8.01. The molecule has 3 N–H and O–H groups in total. The van der Waals surface area contributed by atoms with E-state index in [1.807, 2.05) is 18.5 Å². The summed E-state index contributed by atoms with van der Waals surface area (Å²) in [5, 5.41) is 17.5. The molecule has 1 aliphatic rings. The monoisotopic (exact) mass is 452 g/mol. The predicted octanol–water partition coefficient (Wildman–Crippen LogP) is 5.05. The highest BCUT2D eigenvalue weighted by atomic mass is 35.5. The van der Waals surface area contributed by atoms with Crippen molar-refractivity contribution in [1.29, 1.82) is 0 Å². The number of fused-ring (bicyclic) bond motifs is 3. The molecule has 0 spiro atoms. The topological polar surface area (TPSA) is 105 Å². The number of rotatable bonds is 5. The van der Waals surface area contributed by atoms with Gasteiger partial charge in [0.1, 0.15) is 15.7 Å². The highest BCUT2D eigenvalue weighted by Crippen LogP contribution is 2.31. The molecule has 0 saturated carbocycles. The fraction of sp³-hybridized carbons (Fsp3) is 0.143. The third-order valence-corrected chi connectivity index (χ3v) is 6.20. The molecule has 3 aromatic heterocycles. The number of imidazole rings is 1. The summed E-state index contributed by atoms with van der Waals surface area (Å²) in [4.78, 5) is 24.7. The van der Waals surface area contributed by atoms with Crippen LogP contribution in [0.15, 0.2) is 48.2 Å². The van der Waals surface area contributed by atoms with Gasteiger partial charge in [-0.25, -0.2) is 14.8 Å². The van der Waals surface area contributed by atoms with Gasteiger partial charge in [-0.3, -0.25) is 0 Å². The molecular weight excluding hydrogens is 436 g/mol. The first-order valence-corrected chi connectivity index (χ1v) is 10.9. The molecule has 5 rings (SSSR count). The third kappa shape index (κ3) is 3.85. The molecule has 0 atom stereocenters. The zero-order valence-corrected chi connectivity index (χ0v) is 17.7. The maximum Gasteiger partial charge on any atom is 0.348 e. The van der Waals surface area contributed by atoms with E-state index in [4.69, 9.17) is 11.6 Å². The lowest BCUT2D eigenvalue weighted by Crippen LogP contribution is -2.04. The van der Waals surface area contributed by atoms with E-state index in [9.17, 15) is 9.90 Å². The molecule has 0 unspecified atom stereocenters. The highest BCUT2D eigenvalue weighted by Gasteiger charge is 2.16. The van der Waals surface area contributed by atoms with Crippen LogP contribution in [0.1, 0.15) is 27.5 Å². The van der Waals surface area contributed by atoms with Crippen molar-refractivity contribution in [1.82, 2.24) is 19.5 Å². The molecule has 1 aliphatic heterocycles. The van der Waals surface area contributed by atoms with Crippen LogP contribution in [0.5, 0.6) is 0 Å². The van der Waals surface area contributed by atoms with Gasteiger partial charge in [0.05, 0.1) is 17.6 Å². The summed E-state index contributed by atoms with van der Waals surface area (Å²) in [6.07, 6.45) is 8.28. The van der Waals surface area contributed by atoms with Crippen LogP contribution in [0, 0.1) is 0 Å². The number of anilines is 4. The number of carboxylic acid groups (broad SMARTS) is 1. The predicted molar refractivity (Wildman–Crippen MR) is 120 cm³/mol. The van der Waals surface area contributed by atoms with Crippen molar-refractivity contribution in [3.8, 4) is 5.69 Å². The Labute approximate surface area is 186 Å². The second-order valence-corrected chi connectivity index (χ2v) is 8.34. The van der Waals surface area contributed by atoms with Crippen LogP contribution >= 0.6 is 22.9 Å². The summed E-state index contributed by atoms with van der Waals surface area (Å²) in [7, 11) is 0. The molecular formula is C21H17ClN6O2S. The summed E-state index contributed by atoms with van der Waals surface area (Å²) in [6.45, 7) is 0. The van der Waals surface area contributed by atoms with Crippen molar-refractivity contribution < 1.29 is 9.90 Å². The first-order valence-electron chi connectivity index (χ1n) is 9.61. The van der Waals surface area contributed by atoms with Gasteiger partial charge in [0.25, 0.3) is 0 Å². The van der Waals surface area contributed by atoms with Crippen molar-refractivity contribution in [2.75, 3.05) is 10.6 Å². The van der Waals surface area contributed by atoms with Gasteiger partial charge in [0.2, 0.25) is 5.95 Å². The number of nitrogens with zero attached hydrogens (tertiary/aromatic N) is 4.